The van der Waals surface area contributed by atoms with Gasteiger partial charge in [0, 0.05) is 6.20 Å². The van der Waals surface area contributed by atoms with Crippen LogP contribution in [0, 0.1) is 0 Å². The van der Waals surface area contributed by atoms with Crippen LogP contribution in [-0.2, 0) is 0 Å². The van der Waals surface area contributed by atoms with Gasteiger partial charge in [0.05, 0.1) is 6.20 Å². The van der Waals surface area contributed by atoms with Gasteiger partial charge >= 0.3 is 0 Å². The molecule has 7 heteroatoms. The van der Waals surface area contributed by atoms with Crippen LogP contribution in [0.3, 0.4) is 0 Å². The summed E-state index contributed by atoms with van der Waals surface area (Å²) in [5.74, 6) is 0.341. The van der Waals surface area contributed by atoms with Gasteiger partial charge in [0.1, 0.15) is 10.7 Å². The Balaban J connectivity index is 1.94. The maximum Gasteiger partial charge on any atom is 0.281 e. The molecule has 2 aromatic heterocycles. The van der Waals surface area contributed by atoms with Crippen molar-refractivity contribution in [3.05, 3.63) is 39.4 Å². The largest absolute Gasteiger partial charge is 0.282 e. The first kappa shape index (κ1) is 11.0. The molecule has 2 rings (SSSR count). The average molecular weight is 299 g/mol. The van der Waals surface area contributed by atoms with Crippen LogP contribution < -0.4 is 10.9 Å². The number of thiazole rings is 1. The third-order valence-electron chi connectivity index (χ3n) is 1.67. The molecular formula is C9H7BrN4OS. The molecule has 0 bridgehead atoms. The highest BCUT2D eigenvalue weighted by atomic mass is 79.9. The Hall–Kier alpha value is -1.47. The molecule has 2 aromatic rings. The monoisotopic (exact) mass is 298 g/mol. The van der Waals surface area contributed by atoms with Gasteiger partial charge in [-0.05, 0) is 28.1 Å². The van der Waals surface area contributed by atoms with E-state index in [0.29, 0.717) is 14.6 Å². The molecule has 0 atom stereocenters. The molecule has 16 heavy (non-hydrogen) atoms. The second-order valence-electron chi connectivity index (χ2n) is 2.77. The molecule has 0 saturated heterocycles. The first-order chi connectivity index (χ1) is 7.75. The van der Waals surface area contributed by atoms with E-state index in [1.54, 1.807) is 18.3 Å². The lowest BCUT2D eigenvalue weighted by Gasteiger charge is -2.05. The predicted molar refractivity (Wildman–Crippen MR) is 65.1 cm³/mol. The molecule has 0 spiro atoms. The van der Waals surface area contributed by atoms with Crippen LogP contribution >= 0.6 is 27.3 Å². The van der Waals surface area contributed by atoms with Crippen molar-refractivity contribution in [2.24, 2.45) is 0 Å². The molecule has 0 unspecified atom stereocenters. The van der Waals surface area contributed by atoms with Crippen molar-refractivity contribution in [3.8, 4) is 0 Å². The number of nitrogens with zero attached hydrogens (tertiary/aromatic N) is 2. The fourth-order valence-electron chi connectivity index (χ4n) is 0.977. The zero-order valence-electron chi connectivity index (χ0n) is 7.98. The van der Waals surface area contributed by atoms with E-state index in [4.69, 9.17) is 0 Å². The number of amides is 1. The summed E-state index contributed by atoms with van der Waals surface area (Å²) in [5.41, 5.74) is 5.23. The van der Waals surface area contributed by atoms with Crippen LogP contribution in [0.1, 0.15) is 9.67 Å². The van der Waals surface area contributed by atoms with Crippen molar-refractivity contribution in [1.29, 1.82) is 0 Å². The maximum absolute atomic E-state index is 11.6. The van der Waals surface area contributed by atoms with Crippen LogP contribution in [0.15, 0.2) is 34.5 Å². The molecule has 0 aromatic carbocycles. The van der Waals surface area contributed by atoms with Gasteiger partial charge in [0.2, 0.25) is 0 Å². The minimum Gasteiger partial charge on any atom is -0.282 e. The number of hydrogen-bond acceptors (Lipinski definition) is 5. The SMILES string of the molecule is O=C(NNc1ccccn1)c1cnc(Br)s1. The summed E-state index contributed by atoms with van der Waals surface area (Å²) >= 11 is 4.46. The van der Waals surface area contributed by atoms with E-state index in [9.17, 15) is 4.79 Å². The fraction of sp³-hybridized carbons (Fsp3) is 0. The summed E-state index contributed by atoms with van der Waals surface area (Å²) in [6.07, 6.45) is 3.14. The number of pyridine rings is 1. The van der Waals surface area contributed by atoms with Gasteiger partial charge in [-0.1, -0.05) is 6.07 Å². The lowest BCUT2D eigenvalue weighted by atomic mass is 10.5. The van der Waals surface area contributed by atoms with Gasteiger partial charge in [-0.3, -0.25) is 15.6 Å². The Morgan fingerprint density at radius 1 is 1.38 bits per heavy atom. The molecule has 0 radical (unpaired) electrons. The summed E-state index contributed by atoms with van der Waals surface area (Å²) < 4.78 is 0.676. The highest BCUT2D eigenvalue weighted by molar-refractivity contribution is 9.11. The molecule has 0 saturated carbocycles. The van der Waals surface area contributed by atoms with Gasteiger partial charge in [-0.2, -0.15) is 0 Å². The quantitative estimate of drug-likeness (QED) is 0.851. The third-order valence-corrected chi connectivity index (χ3v) is 3.15. The number of rotatable bonds is 3. The van der Waals surface area contributed by atoms with Crippen LogP contribution in [-0.4, -0.2) is 15.9 Å². The highest BCUT2D eigenvalue weighted by Gasteiger charge is 2.08. The van der Waals surface area contributed by atoms with E-state index >= 15 is 0 Å². The van der Waals surface area contributed by atoms with Gasteiger partial charge in [0.15, 0.2) is 3.92 Å². The fourth-order valence-corrected chi connectivity index (χ4v) is 2.14. The summed E-state index contributed by atoms with van der Waals surface area (Å²) in [5, 5.41) is 0. The molecule has 0 fully saturated rings. The summed E-state index contributed by atoms with van der Waals surface area (Å²) in [4.78, 5) is 20.0. The molecule has 5 nitrogen and oxygen atoms in total. The Morgan fingerprint density at radius 3 is 2.88 bits per heavy atom. The smallest absolute Gasteiger partial charge is 0.281 e. The van der Waals surface area contributed by atoms with Crippen LogP contribution in [0.2, 0.25) is 0 Å². The Morgan fingerprint density at radius 2 is 2.25 bits per heavy atom. The van der Waals surface area contributed by atoms with Gasteiger partial charge in [-0.15, -0.1) is 11.3 Å². The van der Waals surface area contributed by atoms with E-state index < -0.39 is 0 Å². The molecule has 82 valence electrons. The first-order valence-electron chi connectivity index (χ1n) is 4.34. The lowest BCUT2D eigenvalue weighted by Crippen LogP contribution is -2.29. The number of carbonyl (C=O) groups is 1. The van der Waals surface area contributed by atoms with Gasteiger partial charge in [-0.25, -0.2) is 9.97 Å². The zero-order chi connectivity index (χ0) is 11.4. The first-order valence-corrected chi connectivity index (χ1v) is 5.95. The number of anilines is 1. The van der Waals surface area contributed by atoms with Crippen molar-refractivity contribution < 1.29 is 4.79 Å². The van der Waals surface area contributed by atoms with Crippen LogP contribution in [0.4, 0.5) is 5.82 Å². The molecule has 0 aliphatic carbocycles. The Kier molecular flexibility index (Phi) is 3.47. The average Bonchev–Trinajstić information content (AvgIpc) is 2.74. The Labute approximate surface area is 104 Å². The normalized spacial score (nSPS) is 9.81. The number of hydrogen-bond donors (Lipinski definition) is 2. The summed E-state index contributed by atoms with van der Waals surface area (Å²) in [7, 11) is 0. The van der Waals surface area contributed by atoms with Crippen molar-refractivity contribution in [2.75, 3.05) is 5.43 Å². The molecule has 0 aliphatic rings. The number of halogens is 1. The minimum absolute atomic E-state index is 0.242. The van der Waals surface area contributed by atoms with Crippen LogP contribution in [0.25, 0.3) is 0 Å². The third kappa shape index (κ3) is 2.77. The van der Waals surface area contributed by atoms with Gasteiger partial charge < -0.3 is 0 Å². The topological polar surface area (TPSA) is 66.9 Å². The van der Waals surface area contributed by atoms with E-state index in [1.807, 2.05) is 6.07 Å². The standard InChI is InChI=1S/C9H7BrN4OS/c10-9-12-5-6(16-9)8(15)14-13-7-3-1-2-4-11-7/h1-5H,(H,11,13)(H,14,15). The van der Waals surface area contributed by atoms with Crippen molar-refractivity contribution in [3.63, 3.8) is 0 Å². The molecule has 2 heterocycles. The summed E-state index contributed by atoms with van der Waals surface area (Å²) in [6, 6.07) is 5.38. The zero-order valence-corrected chi connectivity index (χ0v) is 10.4. The number of carbonyl (C=O) groups excluding carboxylic acids is 1. The van der Waals surface area contributed by atoms with Crippen molar-refractivity contribution in [1.82, 2.24) is 15.4 Å². The lowest BCUT2D eigenvalue weighted by molar-refractivity contribution is 0.0966. The highest BCUT2D eigenvalue weighted by Crippen LogP contribution is 2.17. The molecule has 0 aliphatic heterocycles. The van der Waals surface area contributed by atoms with E-state index in [-0.39, 0.29) is 5.91 Å². The van der Waals surface area contributed by atoms with E-state index in [1.165, 1.54) is 17.5 Å². The van der Waals surface area contributed by atoms with Crippen molar-refractivity contribution in [2.45, 2.75) is 0 Å². The molecular weight excluding hydrogens is 292 g/mol. The maximum atomic E-state index is 11.6. The van der Waals surface area contributed by atoms with E-state index in [0.717, 1.165) is 0 Å². The minimum atomic E-state index is -0.242. The number of aromatic nitrogens is 2. The van der Waals surface area contributed by atoms with E-state index in [2.05, 4.69) is 36.7 Å². The Bertz CT molecular complexity index is 487. The summed E-state index contributed by atoms with van der Waals surface area (Å²) in [6.45, 7) is 0. The number of nitrogens with one attached hydrogen (secondary N) is 2. The molecule has 1 amide bonds. The second-order valence-corrected chi connectivity index (χ2v) is 5.08. The predicted octanol–water partition coefficient (Wildman–Crippen LogP) is 2.06. The molecule has 2 N–H and O–H groups in total. The van der Waals surface area contributed by atoms with Crippen LogP contribution in [0.5, 0.6) is 0 Å². The second kappa shape index (κ2) is 5.04. The van der Waals surface area contributed by atoms with Crippen molar-refractivity contribution >= 4 is 39.0 Å². The number of hydrazine groups is 1. The van der Waals surface area contributed by atoms with Gasteiger partial charge in [0.25, 0.3) is 5.91 Å².